The van der Waals surface area contributed by atoms with Crippen LogP contribution in [0.1, 0.15) is 11.1 Å². The van der Waals surface area contributed by atoms with E-state index in [1.165, 1.54) is 0 Å². The predicted molar refractivity (Wildman–Crippen MR) is 92.1 cm³/mol. The molecule has 3 aromatic rings. The van der Waals surface area contributed by atoms with Crippen molar-refractivity contribution in [3.8, 4) is 11.6 Å². The summed E-state index contributed by atoms with van der Waals surface area (Å²) in [4.78, 5) is 4.42. The summed E-state index contributed by atoms with van der Waals surface area (Å²) in [7, 11) is 1.69. The molecule has 1 N–H and O–H groups in total. The second kappa shape index (κ2) is 8.31. The van der Waals surface area contributed by atoms with E-state index in [9.17, 15) is 0 Å². The van der Waals surface area contributed by atoms with Gasteiger partial charge in [0.1, 0.15) is 5.75 Å². The van der Waals surface area contributed by atoms with Gasteiger partial charge in [-0.1, -0.05) is 24.3 Å². The van der Waals surface area contributed by atoms with Crippen LogP contribution in [-0.2, 0) is 13.1 Å². The molecule has 0 atom stereocenters. The quantitative estimate of drug-likeness (QED) is 0.755. The minimum absolute atomic E-state index is 0. The van der Waals surface area contributed by atoms with Gasteiger partial charge in [0.25, 0.3) is 0 Å². The normalized spacial score (nSPS) is 10.1. The van der Waals surface area contributed by atoms with Crippen LogP contribution in [0.25, 0.3) is 5.82 Å². The number of rotatable bonds is 6. The SMILES string of the molecule is COc1ccccc1CNCc1cccnc1-n1cccn1.Cl. The van der Waals surface area contributed by atoms with E-state index in [4.69, 9.17) is 4.74 Å². The lowest BCUT2D eigenvalue weighted by molar-refractivity contribution is 0.407. The first-order valence-corrected chi connectivity index (χ1v) is 7.15. The number of hydrogen-bond acceptors (Lipinski definition) is 4. The van der Waals surface area contributed by atoms with Crippen LogP contribution >= 0.6 is 12.4 Å². The Balaban J connectivity index is 0.00000192. The zero-order valence-corrected chi connectivity index (χ0v) is 13.7. The van der Waals surface area contributed by atoms with Crippen molar-refractivity contribution in [1.29, 1.82) is 0 Å². The number of ether oxygens (including phenoxy) is 1. The van der Waals surface area contributed by atoms with Gasteiger partial charge < -0.3 is 10.1 Å². The second-order valence-electron chi connectivity index (χ2n) is 4.85. The first kappa shape index (κ1) is 17.0. The maximum absolute atomic E-state index is 5.36. The molecule has 23 heavy (non-hydrogen) atoms. The van der Waals surface area contributed by atoms with Gasteiger partial charge in [-0.2, -0.15) is 5.10 Å². The van der Waals surface area contributed by atoms with Crippen molar-refractivity contribution < 1.29 is 4.74 Å². The van der Waals surface area contributed by atoms with E-state index in [0.29, 0.717) is 6.54 Å². The molecule has 0 spiro atoms. The fourth-order valence-electron chi connectivity index (χ4n) is 2.35. The molecule has 0 saturated heterocycles. The van der Waals surface area contributed by atoms with Gasteiger partial charge in [0.15, 0.2) is 5.82 Å². The Hall–Kier alpha value is -2.37. The third-order valence-electron chi connectivity index (χ3n) is 3.41. The van der Waals surface area contributed by atoms with Crippen LogP contribution in [0.2, 0.25) is 0 Å². The third kappa shape index (κ3) is 4.09. The van der Waals surface area contributed by atoms with Crippen molar-refractivity contribution in [2.45, 2.75) is 13.1 Å². The number of methoxy groups -OCH3 is 1. The monoisotopic (exact) mass is 330 g/mol. The zero-order chi connectivity index (χ0) is 15.2. The molecule has 3 rings (SSSR count). The standard InChI is InChI=1S/C17H18N4O.ClH/c1-22-16-8-3-2-6-14(16)12-18-13-15-7-4-9-19-17(15)21-11-5-10-20-21;/h2-11,18H,12-13H2,1H3;1H. The van der Waals surface area contributed by atoms with Crippen molar-refractivity contribution in [2.75, 3.05) is 7.11 Å². The molecule has 5 nitrogen and oxygen atoms in total. The van der Waals surface area contributed by atoms with Gasteiger partial charge in [0.05, 0.1) is 7.11 Å². The summed E-state index contributed by atoms with van der Waals surface area (Å²) >= 11 is 0. The topological polar surface area (TPSA) is 52.0 Å². The van der Waals surface area contributed by atoms with E-state index in [1.54, 1.807) is 24.2 Å². The van der Waals surface area contributed by atoms with Crippen molar-refractivity contribution >= 4 is 12.4 Å². The zero-order valence-electron chi connectivity index (χ0n) is 12.8. The molecule has 0 radical (unpaired) electrons. The van der Waals surface area contributed by atoms with E-state index in [2.05, 4.69) is 27.5 Å². The molecule has 2 aromatic heterocycles. The highest BCUT2D eigenvalue weighted by molar-refractivity contribution is 5.85. The first-order valence-electron chi connectivity index (χ1n) is 7.15. The van der Waals surface area contributed by atoms with Crippen molar-refractivity contribution in [3.63, 3.8) is 0 Å². The smallest absolute Gasteiger partial charge is 0.157 e. The maximum Gasteiger partial charge on any atom is 0.157 e. The number of benzene rings is 1. The highest BCUT2D eigenvalue weighted by atomic mass is 35.5. The Labute approximate surface area is 141 Å². The van der Waals surface area contributed by atoms with Gasteiger partial charge >= 0.3 is 0 Å². The fourth-order valence-corrected chi connectivity index (χ4v) is 2.35. The van der Waals surface area contributed by atoms with E-state index in [0.717, 1.165) is 29.2 Å². The second-order valence-corrected chi connectivity index (χ2v) is 4.85. The lowest BCUT2D eigenvalue weighted by Crippen LogP contribution is -2.15. The molecular formula is C17H19ClN4O. The summed E-state index contributed by atoms with van der Waals surface area (Å²) in [6.07, 6.45) is 5.42. The molecule has 2 heterocycles. The van der Waals surface area contributed by atoms with Crippen LogP contribution in [0.15, 0.2) is 61.1 Å². The third-order valence-corrected chi connectivity index (χ3v) is 3.41. The number of nitrogens with zero attached hydrogens (tertiary/aromatic N) is 3. The van der Waals surface area contributed by atoms with Crippen LogP contribution < -0.4 is 10.1 Å². The Kier molecular flexibility index (Phi) is 6.14. The van der Waals surface area contributed by atoms with Crippen LogP contribution in [0.3, 0.4) is 0 Å². The molecule has 0 fully saturated rings. The van der Waals surface area contributed by atoms with Crippen LogP contribution in [0.4, 0.5) is 0 Å². The minimum atomic E-state index is 0. The Morgan fingerprint density at radius 3 is 2.57 bits per heavy atom. The molecule has 0 unspecified atom stereocenters. The van der Waals surface area contributed by atoms with Crippen LogP contribution in [-0.4, -0.2) is 21.9 Å². The highest BCUT2D eigenvalue weighted by Gasteiger charge is 2.06. The molecule has 0 aliphatic heterocycles. The largest absolute Gasteiger partial charge is 0.496 e. The van der Waals surface area contributed by atoms with E-state index < -0.39 is 0 Å². The average Bonchev–Trinajstić information content (AvgIpc) is 3.10. The lowest BCUT2D eigenvalue weighted by Gasteiger charge is -2.11. The van der Waals surface area contributed by atoms with Crippen LogP contribution in [0.5, 0.6) is 5.75 Å². The predicted octanol–water partition coefficient (Wildman–Crippen LogP) is 2.99. The van der Waals surface area contributed by atoms with Gasteiger partial charge in [-0.05, 0) is 18.2 Å². The van der Waals surface area contributed by atoms with E-state index in [1.807, 2.05) is 36.5 Å². The number of hydrogen-bond donors (Lipinski definition) is 1. The summed E-state index contributed by atoms with van der Waals surface area (Å²) < 4.78 is 7.14. The minimum Gasteiger partial charge on any atom is -0.496 e. The Morgan fingerprint density at radius 2 is 1.78 bits per heavy atom. The summed E-state index contributed by atoms with van der Waals surface area (Å²) in [5, 5.41) is 7.68. The maximum atomic E-state index is 5.36. The van der Waals surface area contributed by atoms with Crippen LogP contribution in [0, 0.1) is 0 Å². The van der Waals surface area contributed by atoms with Crippen molar-refractivity contribution in [1.82, 2.24) is 20.1 Å². The number of halogens is 1. The Morgan fingerprint density at radius 1 is 1.00 bits per heavy atom. The number of aromatic nitrogens is 3. The van der Waals surface area contributed by atoms with Gasteiger partial charge in [-0.15, -0.1) is 12.4 Å². The lowest BCUT2D eigenvalue weighted by atomic mass is 10.2. The number of para-hydroxylation sites is 1. The summed E-state index contributed by atoms with van der Waals surface area (Å²) in [6.45, 7) is 1.44. The molecule has 0 aliphatic carbocycles. The van der Waals surface area contributed by atoms with E-state index >= 15 is 0 Å². The molecule has 0 aliphatic rings. The fraction of sp³-hybridized carbons (Fsp3) is 0.176. The van der Waals surface area contributed by atoms with Crippen molar-refractivity contribution in [3.05, 3.63) is 72.2 Å². The van der Waals surface area contributed by atoms with Gasteiger partial charge in [0, 0.05) is 42.8 Å². The number of pyridine rings is 1. The first-order chi connectivity index (χ1) is 10.9. The summed E-state index contributed by atoms with van der Waals surface area (Å²) in [6, 6.07) is 13.9. The average molecular weight is 331 g/mol. The molecule has 6 heteroatoms. The highest BCUT2D eigenvalue weighted by Crippen LogP contribution is 2.17. The van der Waals surface area contributed by atoms with Gasteiger partial charge in [-0.25, -0.2) is 9.67 Å². The van der Waals surface area contributed by atoms with Gasteiger partial charge in [-0.3, -0.25) is 0 Å². The molecular weight excluding hydrogens is 312 g/mol. The molecule has 0 amide bonds. The van der Waals surface area contributed by atoms with Crippen molar-refractivity contribution in [2.24, 2.45) is 0 Å². The molecule has 120 valence electrons. The molecule has 0 bridgehead atoms. The molecule has 1 aromatic carbocycles. The number of nitrogens with one attached hydrogen (secondary N) is 1. The summed E-state index contributed by atoms with van der Waals surface area (Å²) in [5.41, 5.74) is 2.23. The Bertz CT molecular complexity index is 731. The van der Waals surface area contributed by atoms with E-state index in [-0.39, 0.29) is 12.4 Å². The van der Waals surface area contributed by atoms with Gasteiger partial charge in [0.2, 0.25) is 0 Å². The molecule has 0 saturated carbocycles. The summed E-state index contributed by atoms with van der Waals surface area (Å²) in [5.74, 6) is 1.74.